The zero-order chi connectivity index (χ0) is 12.1. The summed E-state index contributed by atoms with van der Waals surface area (Å²) in [6.45, 7) is 5.67. The maximum atomic E-state index is 6.12. The van der Waals surface area contributed by atoms with Crippen molar-refractivity contribution >= 4 is 33.2 Å². The first-order valence-corrected chi connectivity index (χ1v) is 6.92. The number of hydrogen-bond acceptors (Lipinski definition) is 3. The molecule has 0 radical (unpaired) electrons. The molecular weight excluding hydrogens is 304 g/mol. The molecule has 17 heavy (non-hydrogen) atoms. The maximum absolute atomic E-state index is 6.12. The summed E-state index contributed by atoms with van der Waals surface area (Å²) in [7, 11) is 0. The fourth-order valence-electron chi connectivity index (χ4n) is 1.81. The van der Waals surface area contributed by atoms with Crippen molar-refractivity contribution in [1.29, 1.82) is 0 Å². The number of hydrogen-bond donors (Lipinski definition) is 1. The van der Waals surface area contributed by atoms with Gasteiger partial charge in [0.15, 0.2) is 0 Å². The summed E-state index contributed by atoms with van der Waals surface area (Å²) in [5, 5.41) is 4.10. The highest BCUT2D eigenvalue weighted by atomic mass is 79.9. The van der Waals surface area contributed by atoms with E-state index in [2.05, 4.69) is 26.1 Å². The van der Waals surface area contributed by atoms with Crippen LogP contribution >= 0.6 is 27.5 Å². The maximum Gasteiger partial charge on any atom is 0.0648 e. The average molecular weight is 320 g/mol. The summed E-state index contributed by atoms with van der Waals surface area (Å²) >= 11 is 9.52. The third-order valence-corrected chi connectivity index (χ3v) is 3.58. The van der Waals surface area contributed by atoms with E-state index in [4.69, 9.17) is 16.3 Å². The van der Waals surface area contributed by atoms with Crippen molar-refractivity contribution in [1.82, 2.24) is 4.90 Å². The van der Waals surface area contributed by atoms with Crippen molar-refractivity contribution in [3.8, 4) is 0 Å². The van der Waals surface area contributed by atoms with E-state index in [0.717, 1.165) is 54.6 Å². The van der Waals surface area contributed by atoms with Gasteiger partial charge in [-0.3, -0.25) is 4.90 Å². The summed E-state index contributed by atoms with van der Waals surface area (Å²) < 4.78 is 6.31. The van der Waals surface area contributed by atoms with Gasteiger partial charge < -0.3 is 10.1 Å². The van der Waals surface area contributed by atoms with E-state index >= 15 is 0 Å². The molecule has 0 saturated carbocycles. The van der Waals surface area contributed by atoms with Crippen molar-refractivity contribution in [2.24, 2.45) is 0 Å². The minimum Gasteiger partial charge on any atom is -0.383 e. The summed E-state index contributed by atoms with van der Waals surface area (Å²) in [6, 6.07) is 5.88. The summed E-state index contributed by atoms with van der Waals surface area (Å²) in [4.78, 5) is 2.39. The van der Waals surface area contributed by atoms with Gasteiger partial charge in [-0.05, 0) is 18.2 Å². The van der Waals surface area contributed by atoms with E-state index in [9.17, 15) is 0 Å². The van der Waals surface area contributed by atoms with Crippen LogP contribution in [0.5, 0.6) is 0 Å². The average Bonchev–Trinajstić information content (AvgIpc) is 2.33. The van der Waals surface area contributed by atoms with Crippen molar-refractivity contribution < 1.29 is 4.74 Å². The molecule has 0 aliphatic carbocycles. The standard InChI is InChI=1S/C12H16BrClN2O/c13-10-1-2-12(11(14)9-10)15-3-4-16-5-7-17-8-6-16/h1-2,9,15H,3-8H2. The lowest BCUT2D eigenvalue weighted by molar-refractivity contribution is 0.0398. The summed E-state index contributed by atoms with van der Waals surface area (Å²) in [5.41, 5.74) is 0.989. The molecule has 0 amide bonds. The molecule has 2 rings (SSSR count). The predicted octanol–water partition coefficient (Wildman–Crippen LogP) is 2.85. The molecular formula is C12H16BrClN2O. The number of morpholine rings is 1. The second-order valence-electron chi connectivity index (χ2n) is 4.00. The number of nitrogens with zero attached hydrogens (tertiary/aromatic N) is 1. The zero-order valence-corrected chi connectivity index (χ0v) is 11.9. The number of ether oxygens (including phenoxy) is 1. The van der Waals surface area contributed by atoms with E-state index in [1.807, 2.05) is 18.2 Å². The third kappa shape index (κ3) is 4.14. The Labute approximate surface area is 115 Å². The number of halogens is 2. The Bertz CT molecular complexity index is 370. The van der Waals surface area contributed by atoms with Crippen molar-refractivity contribution in [3.05, 3.63) is 27.7 Å². The molecule has 0 atom stereocenters. The van der Waals surface area contributed by atoms with Gasteiger partial charge in [0, 0.05) is 30.7 Å². The normalized spacial score (nSPS) is 17.1. The van der Waals surface area contributed by atoms with Gasteiger partial charge in [-0.1, -0.05) is 27.5 Å². The largest absolute Gasteiger partial charge is 0.383 e. The molecule has 1 aromatic carbocycles. The van der Waals surface area contributed by atoms with Gasteiger partial charge in [0.05, 0.1) is 23.9 Å². The number of benzene rings is 1. The first-order chi connectivity index (χ1) is 8.25. The molecule has 1 aliphatic heterocycles. The molecule has 1 aliphatic rings. The fourth-order valence-corrected chi connectivity index (χ4v) is 2.55. The van der Waals surface area contributed by atoms with Crippen molar-refractivity contribution in [2.45, 2.75) is 0 Å². The molecule has 5 heteroatoms. The van der Waals surface area contributed by atoms with Crippen LogP contribution in [0, 0.1) is 0 Å². The highest BCUT2D eigenvalue weighted by molar-refractivity contribution is 9.10. The number of nitrogens with one attached hydrogen (secondary N) is 1. The Kier molecular flexibility index (Phi) is 5.10. The lowest BCUT2D eigenvalue weighted by atomic mass is 10.3. The minimum absolute atomic E-state index is 0.751. The number of rotatable bonds is 4. The highest BCUT2D eigenvalue weighted by Crippen LogP contribution is 2.25. The molecule has 1 saturated heterocycles. The topological polar surface area (TPSA) is 24.5 Å². The lowest BCUT2D eigenvalue weighted by Crippen LogP contribution is -2.39. The Morgan fingerprint density at radius 1 is 1.35 bits per heavy atom. The molecule has 1 fully saturated rings. The molecule has 94 valence electrons. The molecule has 0 aromatic heterocycles. The van der Waals surface area contributed by atoms with Crippen LogP contribution in [0.4, 0.5) is 5.69 Å². The highest BCUT2D eigenvalue weighted by Gasteiger charge is 2.09. The first-order valence-electron chi connectivity index (χ1n) is 5.75. The molecule has 0 bridgehead atoms. The van der Waals surface area contributed by atoms with Crippen LogP contribution in [0.15, 0.2) is 22.7 Å². The van der Waals surface area contributed by atoms with Crippen molar-refractivity contribution in [3.63, 3.8) is 0 Å². The molecule has 0 spiro atoms. The van der Waals surface area contributed by atoms with Crippen LogP contribution in [0.2, 0.25) is 5.02 Å². The minimum atomic E-state index is 0.751. The van der Waals surface area contributed by atoms with Crippen molar-refractivity contribution in [2.75, 3.05) is 44.7 Å². The summed E-state index contributed by atoms with van der Waals surface area (Å²) in [5.74, 6) is 0. The first kappa shape index (κ1) is 13.1. The fraction of sp³-hybridized carbons (Fsp3) is 0.500. The van der Waals surface area contributed by atoms with Crippen LogP contribution in [0.1, 0.15) is 0 Å². The van der Waals surface area contributed by atoms with Gasteiger partial charge in [0.25, 0.3) is 0 Å². The Morgan fingerprint density at radius 3 is 2.82 bits per heavy atom. The second-order valence-corrected chi connectivity index (χ2v) is 5.33. The van der Waals surface area contributed by atoms with Gasteiger partial charge in [-0.15, -0.1) is 0 Å². The molecule has 1 heterocycles. The van der Waals surface area contributed by atoms with E-state index in [-0.39, 0.29) is 0 Å². The second kappa shape index (κ2) is 6.59. The SMILES string of the molecule is Clc1cc(Br)ccc1NCCN1CCOCC1. The monoisotopic (exact) mass is 318 g/mol. The Morgan fingerprint density at radius 2 is 2.12 bits per heavy atom. The van der Waals surface area contributed by atoms with Crippen LogP contribution in [0.25, 0.3) is 0 Å². The van der Waals surface area contributed by atoms with Gasteiger partial charge in [-0.25, -0.2) is 0 Å². The van der Waals surface area contributed by atoms with Crippen LogP contribution in [0.3, 0.4) is 0 Å². The predicted molar refractivity (Wildman–Crippen MR) is 74.9 cm³/mol. The van der Waals surface area contributed by atoms with Gasteiger partial charge >= 0.3 is 0 Å². The lowest BCUT2D eigenvalue weighted by Gasteiger charge is -2.26. The Hall–Kier alpha value is -0.290. The van der Waals surface area contributed by atoms with E-state index in [1.165, 1.54) is 0 Å². The molecule has 3 nitrogen and oxygen atoms in total. The van der Waals surface area contributed by atoms with E-state index < -0.39 is 0 Å². The van der Waals surface area contributed by atoms with E-state index in [0.29, 0.717) is 0 Å². The summed E-state index contributed by atoms with van der Waals surface area (Å²) in [6.07, 6.45) is 0. The van der Waals surface area contributed by atoms with Gasteiger partial charge in [0.2, 0.25) is 0 Å². The number of anilines is 1. The van der Waals surface area contributed by atoms with E-state index in [1.54, 1.807) is 0 Å². The molecule has 0 unspecified atom stereocenters. The molecule has 1 N–H and O–H groups in total. The smallest absolute Gasteiger partial charge is 0.0648 e. The van der Waals surface area contributed by atoms with Crippen LogP contribution < -0.4 is 5.32 Å². The quantitative estimate of drug-likeness (QED) is 0.923. The van der Waals surface area contributed by atoms with Gasteiger partial charge in [-0.2, -0.15) is 0 Å². The third-order valence-electron chi connectivity index (χ3n) is 2.78. The van der Waals surface area contributed by atoms with Crippen LogP contribution in [-0.4, -0.2) is 44.3 Å². The van der Waals surface area contributed by atoms with Crippen LogP contribution in [-0.2, 0) is 4.74 Å². The molecule has 1 aromatic rings. The Balaban J connectivity index is 1.77. The van der Waals surface area contributed by atoms with Gasteiger partial charge in [0.1, 0.15) is 0 Å². The zero-order valence-electron chi connectivity index (χ0n) is 9.59.